The van der Waals surface area contributed by atoms with Crippen LogP contribution in [-0.2, 0) is 6.42 Å². The molecule has 1 N–H and O–H groups in total. The third-order valence-electron chi connectivity index (χ3n) is 3.38. The summed E-state index contributed by atoms with van der Waals surface area (Å²) in [7, 11) is 0. The van der Waals surface area contributed by atoms with Crippen molar-refractivity contribution in [1.82, 2.24) is 10.3 Å². The molecule has 0 fully saturated rings. The standard InChI is InChI=1S/C16H22N2S/c1-3-8-17-10-14(9-15-11-19-12-18-15)16-7-5-4-6-13(16)2/h4-7,11-12,14,17H,3,8-10H2,1-2H3. The van der Waals surface area contributed by atoms with Gasteiger partial charge in [0.05, 0.1) is 11.2 Å². The molecule has 0 saturated heterocycles. The van der Waals surface area contributed by atoms with E-state index >= 15 is 0 Å². The number of aromatic nitrogens is 1. The molecule has 0 saturated carbocycles. The van der Waals surface area contributed by atoms with Crippen LogP contribution in [0.2, 0.25) is 0 Å². The Morgan fingerprint density at radius 3 is 2.84 bits per heavy atom. The van der Waals surface area contributed by atoms with Crippen molar-refractivity contribution in [2.75, 3.05) is 13.1 Å². The van der Waals surface area contributed by atoms with Crippen molar-refractivity contribution >= 4 is 11.3 Å². The second kappa shape index (κ2) is 7.41. The number of nitrogens with one attached hydrogen (secondary N) is 1. The van der Waals surface area contributed by atoms with E-state index in [9.17, 15) is 0 Å². The van der Waals surface area contributed by atoms with Gasteiger partial charge >= 0.3 is 0 Å². The first-order chi connectivity index (χ1) is 9.31. The van der Waals surface area contributed by atoms with Crippen LogP contribution in [0.5, 0.6) is 0 Å². The van der Waals surface area contributed by atoms with E-state index in [0.29, 0.717) is 5.92 Å². The minimum absolute atomic E-state index is 0.509. The molecule has 0 aliphatic carbocycles. The smallest absolute Gasteiger partial charge is 0.0794 e. The Labute approximate surface area is 119 Å². The highest BCUT2D eigenvalue weighted by molar-refractivity contribution is 7.07. The molecule has 102 valence electrons. The number of thiazole rings is 1. The van der Waals surface area contributed by atoms with Crippen LogP contribution in [0.4, 0.5) is 0 Å². The number of benzene rings is 1. The van der Waals surface area contributed by atoms with Gasteiger partial charge in [0.15, 0.2) is 0 Å². The van der Waals surface area contributed by atoms with Crippen LogP contribution < -0.4 is 5.32 Å². The van der Waals surface area contributed by atoms with Gasteiger partial charge < -0.3 is 5.32 Å². The van der Waals surface area contributed by atoms with Gasteiger partial charge in [0.1, 0.15) is 0 Å². The molecule has 0 spiro atoms. The number of hydrogen-bond acceptors (Lipinski definition) is 3. The van der Waals surface area contributed by atoms with E-state index in [-0.39, 0.29) is 0 Å². The van der Waals surface area contributed by atoms with Crippen LogP contribution in [-0.4, -0.2) is 18.1 Å². The zero-order chi connectivity index (χ0) is 13.5. The fourth-order valence-electron chi connectivity index (χ4n) is 2.38. The van der Waals surface area contributed by atoms with Gasteiger partial charge in [-0.3, -0.25) is 0 Å². The van der Waals surface area contributed by atoms with E-state index in [1.54, 1.807) is 11.3 Å². The molecular formula is C16H22N2S. The summed E-state index contributed by atoms with van der Waals surface area (Å²) in [6.07, 6.45) is 2.20. The van der Waals surface area contributed by atoms with Crippen molar-refractivity contribution in [3.8, 4) is 0 Å². The highest BCUT2D eigenvalue weighted by Gasteiger charge is 2.14. The van der Waals surface area contributed by atoms with E-state index in [4.69, 9.17) is 0 Å². The average molecular weight is 274 g/mol. The van der Waals surface area contributed by atoms with E-state index in [0.717, 1.165) is 19.5 Å². The molecule has 2 nitrogen and oxygen atoms in total. The van der Waals surface area contributed by atoms with Crippen molar-refractivity contribution in [2.24, 2.45) is 0 Å². The second-order valence-corrected chi connectivity index (χ2v) is 5.66. The number of aryl methyl sites for hydroxylation is 1. The minimum Gasteiger partial charge on any atom is -0.316 e. The first-order valence-corrected chi connectivity index (χ1v) is 7.88. The lowest BCUT2D eigenvalue weighted by molar-refractivity contribution is 0.571. The fraction of sp³-hybridized carbons (Fsp3) is 0.438. The molecule has 0 bridgehead atoms. The molecule has 1 atom stereocenters. The Morgan fingerprint density at radius 2 is 2.16 bits per heavy atom. The van der Waals surface area contributed by atoms with Crippen molar-refractivity contribution in [2.45, 2.75) is 32.6 Å². The normalized spacial score (nSPS) is 12.5. The van der Waals surface area contributed by atoms with Gasteiger partial charge in [-0.05, 0) is 37.4 Å². The lowest BCUT2D eigenvalue weighted by Crippen LogP contribution is -2.24. The largest absolute Gasteiger partial charge is 0.316 e. The van der Waals surface area contributed by atoms with Crippen LogP contribution in [0.3, 0.4) is 0 Å². The summed E-state index contributed by atoms with van der Waals surface area (Å²) >= 11 is 1.68. The third-order valence-corrected chi connectivity index (χ3v) is 4.02. The molecule has 0 aliphatic heterocycles. The zero-order valence-corrected chi connectivity index (χ0v) is 12.5. The van der Waals surface area contributed by atoms with Crippen LogP contribution >= 0.6 is 11.3 Å². The van der Waals surface area contributed by atoms with Crippen molar-refractivity contribution < 1.29 is 0 Å². The summed E-state index contributed by atoms with van der Waals surface area (Å²) in [6.45, 7) is 6.51. The molecular weight excluding hydrogens is 252 g/mol. The van der Waals surface area contributed by atoms with Gasteiger partial charge in [0, 0.05) is 17.8 Å². The van der Waals surface area contributed by atoms with Crippen LogP contribution in [0.1, 0.15) is 36.1 Å². The number of rotatable bonds is 7. The molecule has 0 aliphatic rings. The molecule has 1 aromatic carbocycles. The van der Waals surface area contributed by atoms with Gasteiger partial charge in [-0.25, -0.2) is 4.98 Å². The predicted molar refractivity (Wildman–Crippen MR) is 82.9 cm³/mol. The van der Waals surface area contributed by atoms with Gasteiger partial charge in [0.2, 0.25) is 0 Å². The summed E-state index contributed by atoms with van der Waals surface area (Å²) in [5.74, 6) is 0.509. The van der Waals surface area contributed by atoms with Crippen LogP contribution in [0.25, 0.3) is 0 Å². The van der Waals surface area contributed by atoms with Gasteiger partial charge in [0.25, 0.3) is 0 Å². The Hall–Kier alpha value is -1.19. The molecule has 2 aromatic rings. The highest BCUT2D eigenvalue weighted by atomic mass is 32.1. The Kier molecular flexibility index (Phi) is 5.55. The summed E-state index contributed by atoms with van der Waals surface area (Å²) in [6, 6.07) is 8.69. The maximum atomic E-state index is 4.43. The molecule has 1 unspecified atom stereocenters. The third kappa shape index (κ3) is 4.15. The molecule has 1 aromatic heterocycles. The highest BCUT2D eigenvalue weighted by Crippen LogP contribution is 2.23. The Bertz CT molecular complexity index is 479. The van der Waals surface area contributed by atoms with E-state index in [1.165, 1.54) is 23.2 Å². The van der Waals surface area contributed by atoms with E-state index in [1.807, 2.05) is 5.51 Å². The Balaban J connectivity index is 2.11. The van der Waals surface area contributed by atoms with E-state index in [2.05, 4.69) is 53.8 Å². The second-order valence-electron chi connectivity index (χ2n) is 4.94. The topological polar surface area (TPSA) is 24.9 Å². The quantitative estimate of drug-likeness (QED) is 0.777. The number of nitrogens with zero attached hydrogens (tertiary/aromatic N) is 1. The molecule has 19 heavy (non-hydrogen) atoms. The summed E-state index contributed by atoms with van der Waals surface area (Å²) < 4.78 is 0. The van der Waals surface area contributed by atoms with Crippen molar-refractivity contribution in [1.29, 1.82) is 0 Å². The minimum atomic E-state index is 0.509. The molecule has 0 amide bonds. The molecule has 2 rings (SSSR count). The van der Waals surface area contributed by atoms with E-state index < -0.39 is 0 Å². The zero-order valence-electron chi connectivity index (χ0n) is 11.7. The van der Waals surface area contributed by atoms with Gasteiger partial charge in [-0.2, -0.15) is 0 Å². The van der Waals surface area contributed by atoms with Crippen molar-refractivity contribution in [3.63, 3.8) is 0 Å². The monoisotopic (exact) mass is 274 g/mol. The van der Waals surface area contributed by atoms with Gasteiger partial charge in [-0.1, -0.05) is 31.2 Å². The molecule has 3 heteroatoms. The fourth-order valence-corrected chi connectivity index (χ4v) is 2.95. The maximum Gasteiger partial charge on any atom is 0.0794 e. The lowest BCUT2D eigenvalue weighted by atomic mass is 9.91. The first-order valence-electron chi connectivity index (χ1n) is 6.94. The predicted octanol–water partition coefficient (Wildman–Crippen LogP) is 3.78. The summed E-state index contributed by atoms with van der Waals surface area (Å²) in [5, 5.41) is 5.71. The van der Waals surface area contributed by atoms with Gasteiger partial charge in [-0.15, -0.1) is 11.3 Å². The lowest BCUT2D eigenvalue weighted by Gasteiger charge is -2.19. The summed E-state index contributed by atoms with van der Waals surface area (Å²) in [4.78, 5) is 4.43. The molecule has 0 radical (unpaired) electrons. The van der Waals surface area contributed by atoms with Crippen LogP contribution in [0.15, 0.2) is 35.2 Å². The molecule has 1 heterocycles. The van der Waals surface area contributed by atoms with Crippen LogP contribution in [0, 0.1) is 6.92 Å². The summed E-state index contributed by atoms with van der Waals surface area (Å²) in [5.41, 5.74) is 5.95. The number of hydrogen-bond donors (Lipinski definition) is 1. The SMILES string of the molecule is CCCNCC(Cc1cscn1)c1ccccc1C. The first kappa shape index (κ1) is 14.2. The average Bonchev–Trinajstić information content (AvgIpc) is 2.91. The maximum absolute atomic E-state index is 4.43. The Morgan fingerprint density at radius 1 is 1.32 bits per heavy atom. The van der Waals surface area contributed by atoms with Crippen molar-refractivity contribution in [3.05, 3.63) is 52.0 Å².